The Morgan fingerprint density at radius 2 is 2.05 bits per heavy atom. The zero-order chi connectivity index (χ0) is 14.3. The second kappa shape index (κ2) is 5.08. The number of nitrogens with zero attached hydrogens (tertiary/aromatic N) is 1. The zero-order valence-electron chi connectivity index (χ0n) is 12.3. The van der Waals surface area contributed by atoms with Gasteiger partial charge in [0.1, 0.15) is 11.7 Å². The van der Waals surface area contributed by atoms with Crippen molar-refractivity contribution in [1.82, 2.24) is 10.2 Å². The predicted molar refractivity (Wildman–Crippen MR) is 82.7 cm³/mol. The average molecular weight is 290 g/mol. The third-order valence-corrected chi connectivity index (χ3v) is 5.33. The van der Waals surface area contributed by atoms with E-state index in [9.17, 15) is 4.79 Å². The zero-order valence-corrected chi connectivity index (χ0v) is 13.2. The largest absolute Gasteiger partial charge is 0.319 e. The first-order valence-electron chi connectivity index (χ1n) is 7.36. The lowest BCUT2D eigenvalue weighted by atomic mass is 10.1. The molecule has 20 heavy (non-hydrogen) atoms. The van der Waals surface area contributed by atoms with Gasteiger partial charge in [0.15, 0.2) is 0 Å². The molecule has 3 nitrogen and oxygen atoms in total. The molecule has 1 aromatic rings. The van der Waals surface area contributed by atoms with Gasteiger partial charge in [-0.25, -0.2) is 0 Å². The molecule has 2 aliphatic rings. The third-order valence-electron chi connectivity index (χ3n) is 4.58. The fourth-order valence-corrected chi connectivity index (χ4v) is 3.33. The molecule has 3 rings (SSSR count). The maximum absolute atomic E-state index is 12.7. The van der Waals surface area contributed by atoms with Crippen LogP contribution in [0.3, 0.4) is 0 Å². The number of benzene rings is 1. The molecule has 1 amide bonds. The summed E-state index contributed by atoms with van der Waals surface area (Å²) in [7, 11) is 0. The number of hydrogen-bond donors (Lipinski definition) is 1. The number of hydrogen-bond acceptors (Lipinski definition) is 3. The quantitative estimate of drug-likeness (QED) is 0.865. The number of carbonyl (C=O) groups excluding carboxylic acids is 1. The van der Waals surface area contributed by atoms with Crippen LogP contribution in [-0.4, -0.2) is 28.6 Å². The molecule has 1 heterocycles. The number of amides is 1. The minimum absolute atomic E-state index is 0.0378. The summed E-state index contributed by atoms with van der Waals surface area (Å²) < 4.78 is 0. The summed E-state index contributed by atoms with van der Waals surface area (Å²) in [6, 6.07) is 8.85. The van der Waals surface area contributed by atoms with E-state index in [1.165, 1.54) is 10.5 Å². The summed E-state index contributed by atoms with van der Waals surface area (Å²) >= 11 is 1.74. The molecule has 108 valence electrons. The molecule has 0 aromatic heterocycles. The third kappa shape index (κ3) is 2.15. The molecular formula is C16H22N2OS. The lowest BCUT2D eigenvalue weighted by Crippen LogP contribution is -2.38. The summed E-state index contributed by atoms with van der Waals surface area (Å²) in [6.45, 7) is 4.29. The van der Waals surface area contributed by atoms with Gasteiger partial charge in [0.05, 0.1) is 0 Å². The van der Waals surface area contributed by atoms with Crippen LogP contribution in [0.25, 0.3) is 0 Å². The lowest BCUT2D eigenvalue weighted by Gasteiger charge is -2.30. The maximum atomic E-state index is 12.7. The average Bonchev–Trinajstić information content (AvgIpc) is 3.20. The number of rotatable bonds is 4. The molecular weight excluding hydrogens is 268 g/mol. The Kier molecular flexibility index (Phi) is 3.55. The standard InChI is InChI=1S/C16H22N2OS/c1-4-11(2)18-14(17-16(9-10-16)15(18)19)12-5-7-13(20-3)8-6-12/h5-8,11,14,17H,4,9-10H2,1-3H3. The topological polar surface area (TPSA) is 32.3 Å². The Balaban J connectivity index is 1.91. The van der Waals surface area contributed by atoms with E-state index in [-0.39, 0.29) is 17.7 Å². The van der Waals surface area contributed by atoms with Gasteiger partial charge in [-0.15, -0.1) is 11.8 Å². The van der Waals surface area contributed by atoms with Crippen molar-refractivity contribution in [3.8, 4) is 0 Å². The van der Waals surface area contributed by atoms with Crippen molar-refractivity contribution in [3.63, 3.8) is 0 Å². The van der Waals surface area contributed by atoms with Gasteiger partial charge in [0, 0.05) is 10.9 Å². The van der Waals surface area contributed by atoms with E-state index in [1.54, 1.807) is 11.8 Å². The molecule has 1 aliphatic heterocycles. The van der Waals surface area contributed by atoms with E-state index in [4.69, 9.17) is 0 Å². The van der Waals surface area contributed by atoms with E-state index in [2.05, 4.69) is 54.6 Å². The van der Waals surface area contributed by atoms with Gasteiger partial charge in [-0.2, -0.15) is 0 Å². The summed E-state index contributed by atoms with van der Waals surface area (Å²) in [5, 5.41) is 3.58. The number of thioether (sulfide) groups is 1. The molecule has 1 saturated carbocycles. The van der Waals surface area contributed by atoms with Crippen molar-refractivity contribution in [2.24, 2.45) is 0 Å². The first-order valence-corrected chi connectivity index (χ1v) is 8.58. The first-order chi connectivity index (χ1) is 9.61. The molecule has 1 spiro atoms. The van der Waals surface area contributed by atoms with Crippen LogP contribution < -0.4 is 5.32 Å². The minimum atomic E-state index is -0.244. The van der Waals surface area contributed by atoms with Gasteiger partial charge < -0.3 is 4.90 Å². The fraction of sp³-hybridized carbons (Fsp3) is 0.562. The van der Waals surface area contributed by atoms with Crippen molar-refractivity contribution < 1.29 is 4.79 Å². The van der Waals surface area contributed by atoms with Crippen LogP contribution in [0.2, 0.25) is 0 Å². The molecule has 1 saturated heterocycles. The highest BCUT2D eigenvalue weighted by molar-refractivity contribution is 7.98. The number of nitrogens with one attached hydrogen (secondary N) is 1. The van der Waals surface area contributed by atoms with Crippen LogP contribution in [0.4, 0.5) is 0 Å². The van der Waals surface area contributed by atoms with E-state index in [0.717, 1.165) is 19.3 Å². The highest BCUT2D eigenvalue weighted by Crippen LogP contribution is 2.47. The molecule has 2 fully saturated rings. The Labute approximate surface area is 125 Å². The summed E-state index contributed by atoms with van der Waals surface area (Å²) in [5.74, 6) is 0.297. The molecule has 0 radical (unpaired) electrons. The van der Waals surface area contributed by atoms with Gasteiger partial charge in [-0.1, -0.05) is 19.1 Å². The van der Waals surface area contributed by atoms with Crippen LogP contribution in [0, 0.1) is 0 Å². The molecule has 1 aromatic carbocycles. The lowest BCUT2D eigenvalue weighted by molar-refractivity contribution is -0.132. The van der Waals surface area contributed by atoms with Crippen LogP contribution >= 0.6 is 11.8 Å². The van der Waals surface area contributed by atoms with Gasteiger partial charge in [0.2, 0.25) is 5.91 Å². The van der Waals surface area contributed by atoms with Crippen molar-refractivity contribution in [2.75, 3.05) is 6.26 Å². The Hall–Kier alpha value is -1.00. The Bertz CT molecular complexity index is 510. The summed E-state index contributed by atoms with van der Waals surface area (Å²) in [5.41, 5.74) is 0.951. The number of carbonyl (C=O) groups is 1. The van der Waals surface area contributed by atoms with E-state index in [0.29, 0.717) is 5.91 Å². The maximum Gasteiger partial charge on any atom is 0.244 e. The first kappa shape index (κ1) is 14.0. The summed E-state index contributed by atoms with van der Waals surface area (Å²) in [4.78, 5) is 16.0. The van der Waals surface area contributed by atoms with E-state index in [1.807, 2.05) is 0 Å². The van der Waals surface area contributed by atoms with Crippen LogP contribution in [0.1, 0.15) is 44.8 Å². The highest BCUT2D eigenvalue weighted by Gasteiger charge is 2.59. The van der Waals surface area contributed by atoms with Crippen molar-refractivity contribution >= 4 is 17.7 Å². The fourth-order valence-electron chi connectivity index (χ4n) is 2.92. The molecule has 1 N–H and O–H groups in total. The molecule has 0 bridgehead atoms. The normalized spacial score (nSPS) is 25.2. The van der Waals surface area contributed by atoms with Crippen molar-refractivity contribution in [1.29, 1.82) is 0 Å². The van der Waals surface area contributed by atoms with Gasteiger partial charge in [-0.05, 0) is 50.1 Å². The van der Waals surface area contributed by atoms with E-state index < -0.39 is 0 Å². The monoisotopic (exact) mass is 290 g/mol. The van der Waals surface area contributed by atoms with Crippen molar-refractivity contribution in [3.05, 3.63) is 29.8 Å². The highest BCUT2D eigenvalue weighted by atomic mass is 32.2. The van der Waals surface area contributed by atoms with Gasteiger partial charge in [-0.3, -0.25) is 10.1 Å². The van der Waals surface area contributed by atoms with Crippen molar-refractivity contribution in [2.45, 2.75) is 55.8 Å². The second-order valence-corrected chi connectivity index (χ2v) is 6.75. The SMILES string of the molecule is CCC(C)N1C(=O)C2(CC2)NC1c1ccc(SC)cc1. The molecule has 2 unspecified atom stereocenters. The smallest absolute Gasteiger partial charge is 0.244 e. The molecule has 2 atom stereocenters. The van der Waals surface area contributed by atoms with E-state index >= 15 is 0 Å². The Morgan fingerprint density at radius 3 is 2.55 bits per heavy atom. The van der Waals surface area contributed by atoms with Crippen LogP contribution in [0.5, 0.6) is 0 Å². The summed E-state index contributed by atoms with van der Waals surface area (Å²) in [6.07, 6.45) is 5.08. The minimum Gasteiger partial charge on any atom is -0.319 e. The second-order valence-electron chi connectivity index (χ2n) is 5.87. The van der Waals surface area contributed by atoms with Crippen LogP contribution in [0.15, 0.2) is 29.2 Å². The van der Waals surface area contributed by atoms with Gasteiger partial charge >= 0.3 is 0 Å². The Morgan fingerprint density at radius 1 is 1.40 bits per heavy atom. The van der Waals surface area contributed by atoms with Gasteiger partial charge in [0.25, 0.3) is 0 Å². The van der Waals surface area contributed by atoms with Crippen LogP contribution in [-0.2, 0) is 4.79 Å². The predicted octanol–water partition coefficient (Wildman–Crippen LogP) is 3.17. The molecule has 1 aliphatic carbocycles. The molecule has 4 heteroatoms.